The molecule has 0 saturated heterocycles. The Morgan fingerprint density at radius 3 is 2.76 bits per heavy atom. The topological polar surface area (TPSA) is 9.23 Å². The third kappa shape index (κ3) is 3.38. The van der Waals surface area contributed by atoms with E-state index in [0.29, 0.717) is 6.10 Å². The summed E-state index contributed by atoms with van der Waals surface area (Å²) in [6.45, 7) is 6.62. The molecule has 0 N–H and O–H groups in total. The maximum atomic E-state index is 6.10. The van der Waals surface area contributed by atoms with Crippen molar-refractivity contribution in [2.75, 3.05) is 0 Å². The first-order valence-electron chi connectivity index (χ1n) is 6.35. The fourth-order valence-electron chi connectivity index (χ4n) is 2.83. The van der Waals surface area contributed by atoms with Gasteiger partial charge in [0.25, 0.3) is 0 Å². The predicted octanol–water partition coefficient (Wildman–Crippen LogP) is 4.42. The summed E-state index contributed by atoms with van der Waals surface area (Å²) >= 11 is 6.10. The minimum atomic E-state index is 0.230. The summed E-state index contributed by atoms with van der Waals surface area (Å²) in [5.41, 5.74) is 1.58. The summed E-state index contributed by atoms with van der Waals surface area (Å²) in [5.74, 6) is 1.06. The van der Waals surface area contributed by atoms with Crippen molar-refractivity contribution < 1.29 is 4.74 Å². The van der Waals surface area contributed by atoms with E-state index in [-0.39, 0.29) is 10.8 Å². The van der Waals surface area contributed by atoms with Gasteiger partial charge in [0.05, 0.1) is 0 Å². The van der Waals surface area contributed by atoms with Crippen LogP contribution < -0.4 is 4.74 Å². The minimum absolute atomic E-state index is 0.230. The average molecular weight is 253 g/mol. The van der Waals surface area contributed by atoms with Crippen LogP contribution in [0.25, 0.3) is 0 Å². The minimum Gasteiger partial charge on any atom is -0.490 e. The third-order valence-electron chi connectivity index (χ3n) is 3.33. The molecule has 0 saturated carbocycles. The Hall–Kier alpha value is -0.690. The zero-order valence-electron chi connectivity index (χ0n) is 10.9. The Bertz CT molecular complexity index is 359. The van der Waals surface area contributed by atoms with Crippen LogP contribution in [0.2, 0.25) is 0 Å². The molecule has 17 heavy (non-hydrogen) atoms. The Morgan fingerprint density at radius 2 is 2.12 bits per heavy atom. The third-order valence-corrected chi connectivity index (χ3v) is 3.48. The van der Waals surface area contributed by atoms with Crippen LogP contribution in [-0.4, -0.2) is 11.5 Å². The molecule has 2 atom stereocenters. The van der Waals surface area contributed by atoms with Crippen LogP contribution in [0.15, 0.2) is 24.3 Å². The molecular weight excluding hydrogens is 232 g/mol. The quantitative estimate of drug-likeness (QED) is 0.721. The first-order chi connectivity index (χ1) is 7.96. The summed E-state index contributed by atoms with van der Waals surface area (Å²) in [5, 5.41) is 0.230. The first-order valence-corrected chi connectivity index (χ1v) is 6.78. The van der Waals surface area contributed by atoms with E-state index in [1.165, 1.54) is 5.56 Å². The van der Waals surface area contributed by atoms with Crippen molar-refractivity contribution in [3.8, 4) is 5.75 Å². The van der Waals surface area contributed by atoms with E-state index in [4.69, 9.17) is 16.3 Å². The van der Waals surface area contributed by atoms with E-state index in [1.807, 2.05) is 6.07 Å². The van der Waals surface area contributed by atoms with Crippen LogP contribution in [0.5, 0.6) is 5.75 Å². The molecule has 0 radical (unpaired) electrons. The van der Waals surface area contributed by atoms with Crippen LogP contribution in [0, 0.1) is 5.41 Å². The average Bonchev–Trinajstić information content (AvgIpc) is 2.55. The van der Waals surface area contributed by atoms with Gasteiger partial charge in [0.15, 0.2) is 0 Å². The summed E-state index contributed by atoms with van der Waals surface area (Å²) < 4.78 is 5.98. The molecule has 1 aliphatic rings. The molecule has 0 aromatic heterocycles. The van der Waals surface area contributed by atoms with E-state index >= 15 is 0 Å². The molecule has 2 unspecified atom stereocenters. The molecule has 2 heteroatoms. The second-order valence-corrected chi connectivity index (χ2v) is 6.65. The Balaban J connectivity index is 1.95. The Labute approximate surface area is 109 Å². The highest BCUT2D eigenvalue weighted by molar-refractivity contribution is 6.20. The molecule has 2 rings (SSSR count). The molecule has 1 aromatic rings. The van der Waals surface area contributed by atoms with E-state index in [2.05, 4.69) is 39.0 Å². The number of rotatable bonds is 4. The van der Waals surface area contributed by atoms with Crippen molar-refractivity contribution in [2.45, 2.75) is 51.5 Å². The maximum absolute atomic E-state index is 6.10. The molecule has 94 valence electrons. The second kappa shape index (κ2) is 4.89. The lowest BCUT2D eigenvalue weighted by atomic mass is 9.81. The van der Waals surface area contributed by atoms with Gasteiger partial charge in [-0.1, -0.05) is 32.0 Å². The lowest BCUT2D eigenvalue weighted by Crippen LogP contribution is -2.25. The van der Waals surface area contributed by atoms with Crippen molar-refractivity contribution in [3.63, 3.8) is 0 Å². The van der Waals surface area contributed by atoms with Gasteiger partial charge >= 0.3 is 0 Å². The number of benzene rings is 1. The number of fused-ring (bicyclic) bond motifs is 1. The summed E-state index contributed by atoms with van der Waals surface area (Å²) in [4.78, 5) is 0. The molecule has 1 aliphatic heterocycles. The smallest absolute Gasteiger partial charge is 0.123 e. The predicted molar refractivity (Wildman–Crippen MR) is 72.9 cm³/mol. The van der Waals surface area contributed by atoms with E-state index < -0.39 is 0 Å². The van der Waals surface area contributed by atoms with Gasteiger partial charge in [-0.05, 0) is 36.8 Å². The largest absolute Gasteiger partial charge is 0.490 e. The highest BCUT2D eigenvalue weighted by atomic mass is 35.5. The first kappa shape index (κ1) is 12.8. The molecule has 1 aromatic carbocycles. The van der Waals surface area contributed by atoms with Gasteiger partial charge < -0.3 is 4.74 Å². The zero-order valence-corrected chi connectivity index (χ0v) is 11.6. The van der Waals surface area contributed by atoms with Crippen molar-refractivity contribution in [3.05, 3.63) is 29.8 Å². The molecule has 0 aliphatic carbocycles. The zero-order chi connectivity index (χ0) is 12.5. The van der Waals surface area contributed by atoms with Gasteiger partial charge in [-0.2, -0.15) is 0 Å². The van der Waals surface area contributed by atoms with Crippen molar-refractivity contribution >= 4 is 11.6 Å². The molecule has 1 heterocycles. The maximum Gasteiger partial charge on any atom is 0.123 e. The van der Waals surface area contributed by atoms with Gasteiger partial charge in [0.1, 0.15) is 11.9 Å². The molecule has 0 spiro atoms. The normalized spacial score (nSPS) is 20.8. The number of alkyl halides is 1. The molecule has 0 fully saturated rings. The van der Waals surface area contributed by atoms with Gasteiger partial charge in [0, 0.05) is 11.8 Å². The molecule has 0 amide bonds. The lowest BCUT2D eigenvalue weighted by molar-refractivity contribution is 0.150. The van der Waals surface area contributed by atoms with Crippen LogP contribution in [0.4, 0.5) is 0 Å². The van der Waals surface area contributed by atoms with Crippen LogP contribution in [0.3, 0.4) is 0 Å². The number of hydrogen-bond donors (Lipinski definition) is 0. The monoisotopic (exact) mass is 252 g/mol. The SMILES string of the molecule is CC(Cl)CC(C)(C)CC1Cc2ccccc2O1. The summed E-state index contributed by atoms with van der Waals surface area (Å²) in [6, 6.07) is 8.34. The van der Waals surface area contributed by atoms with Gasteiger partial charge in [0.2, 0.25) is 0 Å². The Kier molecular flexibility index (Phi) is 3.67. The lowest BCUT2D eigenvalue weighted by Gasteiger charge is -2.28. The molecule has 0 bridgehead atoms. The Morgan fingerprint density at radius 1 is 1.41 bits per heavy atom. The number of ether oxygens (including phenoxy) is 1. The van der Waals surface area contributed by atoms with E-state index in [0.717, 1.165) is 25.0 Å². The standard InChI is InChI=1S/C15H21ClO/c1-11(16)9-15(2,3)10-13-8-12-6-4-5-7-14(12)17-13/h4-7,11,13H,8-10H2,1-3H3. The fraction of sp³-hybridized carbons (Fsp3) is 0.600. The van der Waals surface area contributed by atoms with Crippen molar-refractivity contribution in [1.29, 1.82) is 0 Å². The van der Waals surface area contributed by atoms with Crippen LogP contribution in [0.1, 0.15) is 39.2 Å². The number of para-hydroxylation sites is 1. The fourth-order valence-corrected chi connectivity index (χ4v) is 3.25. The number of hydrogen-bond acceptors (Lipinski definition) is 1. The summed E-state index contributed by atoms with van der Waals surface area (Å²) in [7, 11) is 0. The van der Waals surface area contributed by atoms with Crippen molar-refractivity contribution in [2.24, 2.45) is 5.41 Å². The molecular formula is C15H21ClO. The number of halogens is 1. The van der Waals surface area contributed by atoms with Crippen LogP contribution in [-0.2, 0) is 6.42 Å². The highest BCUT2D eigenvalue weighted by Crippen LogP contribution is 2.36. The van der Waals surface area contributed by atoms with Gasteiger partial charge in [-0.15, -0.1) is 11.6 Å². The van der Waals surface area contributed by atoms with E-state index in [1.54, 1.807) is 0 Å². The summed E-state index contributed by atoms with van der Waals surface area (Å²) in [6.07, 6.45) is 3.46. The highest BCUT2D eigenvalue weighted by Gasteiger charge is 2.30. The van der Waals surface area contributed by atoms with Gasteiger partial charge in [-0.25, -0.2) is 0 Å². The second-order valence-electron chi connectivity index (χ2n) is 5.90. The van der Waals surface area contributed by atoms with Crippen LogP contribution >= 0.6 is 11.6 Å². The van der Waals surface area contributed by atoms with E-state index in [9.17, 15) is 0 Å². The van der Waals surface area contributed by atoms with Gasteiger partial charge in [-0.3, -0.25) is 0 Å². The molecule has 1 nitrogen and oxygen atoms in total. The van der Waals surface area contributed by atoms with Crippen molar-refractivity contribution in [1.82, 2.24) is 0 Å².